The molecule has 90 valence electrons. The first kappa shape index (κ1) is 13.0. The van der Waals surface area contributed by atoms with Gasteiger partial charge in [0.25, 0.3) is 0 Å². The molecule has 4 nitrogen and oxygen atoms in total. The quantitative estimate of drug-likeness (QED) is 0.781. The SMILES string of the molecule is CCC(CC)C(=O)Nc1ccc(N)cc1C#N. The average molecular weight is 231 g/mol. The third-order valence-electron chi connectivity index (χ3n) is 2.78. The number of anilines is 2. The van der Waals surface area contributed by atoms with E-state index in [1.165, 1.54) is 0 Å². The Bertz CT molecular complexity index is 444. The van der Waals surface area contributed by atoms with Gasteiger partial charge in [-0.2, -0.15) is 5.26 Å². The van der Waals surface area contributed by atoms with Crippen LogP contribution in [0.25, 0.3) is 0 Å². The lowest BCUT2D eigenvalue weighted by molar-refractivity contribution is -0.120. The highest BCUT2D eigenvalue weighted by atomic mass is 16.1. The minimum Gasteiger partial charge on any atom is -0.399 e. The molecule has 4 heteroatoms. The zero-order valence-electron chi connectivity index (χ0n) is 10.2. The molecular formula is C13H17N3O. The zero-order chi connectivity index (χ0) is 12.8. The van der Waals surface area contributed by atoms with Crippen LogP contribution in [-0.2, 0) is 4.79 Å². The van der Waals surface area contributed by atoms with Gasteiger partial charge in [-0.05, 0) is 31.0 Å². The van der Waals surface area contributed by atoms with Crippen LogP contribution in [0.2, 0.25) is 0 Å². The standard InChI is InChI=1S/C13H17N3O/c1-3-9(4-2)13(17)16-12-6-5-11(15)7-10(12)8-14/h5-7,9H,3-4,15H2,1-2H3,(H,16,17). The minimum absolute atomic E-state index is 0.0147. The smallest absolute Gasteiger partial charge is 0.227 e. The highest BCUT2D eigenvalue weighted by Crippen LogP contribution is 2.19. The van der Waals surface area contributed by atoms with Crippen LogP contribution < -0.4 is 11.1 Å². The summed E-state index contributed by atoms with van der Waals surface area (Å²) in [5.74, 6) is -0.0598. The molecule has 0 aliphatic heterocycles. The Morgan fingerprint density at radius 2 is 2.12 bits per heavy atom. The topological polar surface area (TPSA) is 78.9 Å². The van der Waals surface area contributed by atoms with Gasteiger partial charge in [-0.25, -0.2) is 0 Å². The summed E-state index contributed by atoms with van der Waals surface area (Å²) in [4.78, 5) is 11.9. The predicted molar refractivity (Wildman–Crippen MR) is 68.3 cm³/mol. The van der Waals surface area contributed by atoms with Crippen molar-refractivity contribution in [3.63, 3.8) is 0 Å². The Kier molecular flexibility index (Phi) is 4.53. The first-order valence-electron chi connectivity index (χ1n) is 5.72. The summed E-state index contributed by atoms with van der Waals surface area (Å²) >= 11 is 0. The molecule has 0 heterocycles. The van der Waals surface area contributed by atoms with E-state index in [9.17, 15) is 4.79 Å². The van der Waals surface area contributed by atoms with Crippen molar-refractivity contribution in [2.75, 3.05) is 11.1 Å². The number of nitrogens with zero attached hydrogens (tertiary/aromatic N) is 1. The molecular weight excluding hydrogens is 214 g/mol. The largest absolute Gasteiger partial charge is 0.399 e. The summed E-state index contributed by atoms with van der Waals surface area (Å²) < 4.78 is 0. The summed E-state index contributed by atoms with van der Waals surface area (Å²) in [5.41, 5.74) is 7.02. The molecule has 0 aromatic heterocycles. The van der Waals surface area contributed by atoms with Gasteiger partial charge in [-0.3, -0.25) is 4.79 Å². The molecule has 17 heavy (non-hydrogen) atoms. The maximum Gasteiger partial charge on any atom is 0.227 e. The van der Waals surface area contributed by atoms with Crippen molar-refractivity contribution in [2.24, 2.45) is 5.92 Å². The normalized spacial score (nSPS) is 10.0. The maximum absolute atomic E-state index is 11.9. The molecule has 0 saturated heterocycles. The number of rotatable bonds is 4. The van der Waals surface area contributed by atoms with E-state index >= 15 is 0 Å². The number of carbonyl (C=O) groups is 1. The van der Waals surface area contributed by atoms with Gasteiger partial charge in [0.15, 0.2) is 0 Å². The average Bonchev–Trinajstić information content (AvgIpc) is 2.33. The summed E-state index contributed by atoms with van der Waals surface area (Å²) in [5, 5.41) is 11.7. The number of nitrogens with two attached hydrogens (primary N) is 1. The molecule has 1 amide bonds. The molecule has 1 rings (SSSR count). The van der Waals surface area contributed by atoms with Crippen molar-refractivity contribution >= 4 is 17.3 Å². The van der Waals surface area contributed by atoms with Crippen LogP contribution in [0.4, 0.5) is 11.4 Å². The number of amides is 1. The molecule has 3 N–H and O–H groups in total. The Balaban J connectivity index is 2.89. The molecule has 0 radical (unpaired) electrons. The molecule has 0 spiro atoms. The first-order valence-corrected chi connectivity index (χ1v) is 5.72. The number of nitrogen functional groups attached to an aromatic ring is 1. The van der Waals surface area contributed by atoms with Crippen LogP contribution in [0.5, 0.6) is 0 Å². The van der Waals surface area contributed by atoms with Crippen LogP contribution in [0.3, 0.4) is 0 Å². The van der Waals surface area contributed by atoms with Gasteiger partial charge in [-0.1, -0.05) is 13.8 Å². The fraction of sp³-hybridized carbons (Fsp3) is 0.385. The third kappa shape index (κ3) is 3.22. The summed E-state index contributed by atoms with van der Waals surface area (Å²) in [7, 11) is 0. The third-order valence-corrected chi connectivity index (χ3v) is 2.78. The van der Waals surface area contributed by atoms with Crippen LogP contribution in [0.15, 0.2) is 18.2 Å². The number of hydrogen-bond donors (Lipinski definition) is 2. The fourth-order valence-corrected chi connectivity index (χ4v) is 1.66. The maximum atomic E-state index is 11.9. The molecule has 0 unspecified atom stereocenters. The molecule has 0 saturated carbocycles. The van der Waals surface area contributed by atoms with Crippen LogP contribution >= 0.6 is 0 Å². The number of nitriles is 1. The van der Waals surface area contributed by atoms with Crippen molar-refractivity contribution in [1.29, 1.82) is 5.26 Å². The second-order valence-corrected chi connectivity index (χ2v) is 3.92. The molecule has 0 atom stereocenters. The predicted octanol–water partition coefficient (Wildman–Crippen LogP) is 2.52. The van der Waals surface area contributed by atoms with E-state index in [-0.39, 0.29) is 11.8 Å². The van der Waals surface area contributed by atoms with E-state index in [0.717, 1.165) is 12.8 Å². The van der Waals surface area contributed by atoms with Gasteiger partial charge in [0.05, 0.1) is 11.3 Å². The van der Waals surface area contributed by atoms with Gasteiger partial charge < -0.3 is 11.1 Å². The van der Waals surface area contributed by atoms with E-state index in [1.54, 1.807) is 18.2 Å². The number of carbonyl (C=O) groups excluding carboxylic acids is 1. The van der Waals surface area contributed by atoms with Gasteiger partial charge >= 0.3 is 0 Å². The lowest BCUT2D eigenvalue weighted by atomic mass is 10.0. The molecule has 1 aromatic rings. The molecule has 1 aromatic carbocycles. The lowest BCUT2D eigenvalue weighted by Gasteiger charge is -2.13. The van der Waals surface area contributed by atoms with Crippen molar-refractivity contribution in [2.45, 2.75) is 26.7 Å². The highest BCUT2D eigenvalue weighted by molar-refractivity contribution is 5.94. The van der Waals surface area contributed by atoms with Gasteiger partial charge in [0.1, 0.15) is 6.07 Å². The summed E-state index contributed by atoms with van der Waals surface area (Å²) in [6.45, 7) is 3.95. The summed E-state index contributed by atoms with van der Waals surface area (Å²) in [6.07, 6.45) is 1.58. The monoisotopic (exact) mass is 231 g/mol. The van der Waals surface area contributed by atoms with Crippen LogP contribution in [-0.4, -0.2) is 5.91 Å². The van der Waals surface area contributed by atoms with Crippen molar-refractivity contribution in [3.05, 3.63) is 23.8 Å². The Hall–Kier alpha value is -2.02. The van der Waals surface area contributed by atoms with E-state index in [0.29, 0.717) is 16.9 Å². The minimum atomic E-state index is -0.0451. The van der Waals surface area contributed by atoms with Crippen LogP contribution in [0, 0.1) is 17.2 Å². The van der Waals surface area contributed by atoms with Crippen molar-refractivity contribution < 1.29 is 4.79 Å². The van der Waals surface area contributed by atoms with Crippen molar-refractivity contribution in [1.82, 2.24) is 0 Å². The number of nitrogens with one attached hydrogen (secondary N) is 1. The van der Waals surface area contributed by atoms with E-state index in [2.05, 4.69) is 5.32 Å². The Labute approximate surface area is 101 Å². The Morgan fingerprint density at radius 3 is 2.65 bits per heavy atom. The number of benzene rings is 1. The zero-order valence-corrected chi connectivity index (χ0v) is 10.2. The van der Waals surface area contributed by atoms with E-state index in [4.69, 9.17) is 11.0 Å². The highest BCUT2D eigenvalue weighted by Gasteiger charge is 2.15. The van der Waals surface area contributed by atoms with Crippen LogP contribution in [0.1, 0.15) is 32.3 Å². The van der Waals surface area contributed by atoms with E-state index in [1.807, 2.05) is 19.9 Å². The number of hydrogen-bond acceptors (Lipinski definition) is 3. The van der Waals surface area contributed by atoms with Crippen molar-refractivity contribution in [3.8, 4) is 6.07 Å². The molecule has 0 bridgehead atoms. The first-order chi connectivity index (χ1) is 8.12. The second-order valence-electron chi connectivity index (χ2n) is 3.92. The van der Waals surface area contributed by atoms with E-state index < -0.39 is 0 Å². The Morgan fingerprint density at radius 1 is 1.47 bits per heavy atom. The molecule has 0 aliphatic carbocycles. The molecule has 0 fully saturated rings. The summed E-state index contributed by atoms with van der Waals surface area (Å²) in [6, 6.07) is 6.91. The fourth-order valence-electron chi connectivity index (χ4n) is 1.66. The van der Waals surface area contributed by atoms with Gasteiger partial charge in [0.2, 0.25) is 5.91 Å². The van der Waals surface area contributed by atoms with Gasteiger partial charge in [0, 0.05) is 11.6 Å². The van der Waals surface area contributed by atoms with Gasteiger partial charge in [-0.15, -0.1) is 0 Å². The lowest BCUT2D eigenvalue weighted by Crippen LogP contribution is -2.22. The molecule has 0 aliphatic rings. The second kappa shape index (κ2) is 5.90.